The average Bonchev–Trinajstić information content (AvgIpc) is 2.23. The number of amides is 1. The molecule has 1 unspecified atom stereocenters. The van der Waals surface area contributed by atoms with E-state index in [1.54, 1.807) is 6.92 Å². The van der Waals surface area contributed by atoms with E-state index in [-0.39, 0.29) is 5.91 Å². The molecule has 2 N–H and O–H groups in total. The standard InChI is InChI=1S/C12H21NO3/c1-6-8(2)10(14)13-7-12(4,5)9(3)11(15)16/h9H,2,6-7H2,1,3-5H3,(H,13,14)(H,15,16). The van der Waals surface area contributed by atoms with Crippen LogP contribution in [0.1, 0.15) is 34.1 Å². The molecule has 0 aliphatic carbocycles. The van der Waals surface area contributed by atoms with E-state index in [9.17, 15) is 9.59 Å². The Labute approximate surface area is 96.7 Å². The predicted octanol–water partition coefficient (Wildman–Crippen LogP) is 1.82. The molecule has 0 rings (SSSR count). The van der Waals surface area contributed by atoms with E-state index in [0.29, 0.717) is 18.5 Å². The van der Waals surface area contributed by atoms with E-state index in [1.165, 1.54) is 0 Å². The molecule has 0 saturated heterocycles. The number of hydrogen-bond acceptors (Lipinski definition) is 2. The first-order chi connectivity index (χ1) is 7.22. The van der Waals surface area contributed by atoms with Crippen LogP contribution in [-0.2, 0) is 9.59 Å². The molecule has 4 heteroatoms. The van der Waals surface area contributed by atoms with E-state index in [2.05, 4.69) is 11.9 Å². The Bertz CT molecular complexity index is 295. The van der Waals surface area contributed by atoms with E-state index in [4.69, 9.17) is 5.11 Å². The quantitative estimate of drug-likeness (QED) is 0.680. The summed E-state index contributed by atoms with van der Waals surface area (Å²) in [7, 11) is 0. The van der Waals surface area contributed by atoms with Crippen molar-refractivity contribution in [3.63, 3.8) is 0 Å². The topological polar surface area (TPSA) is 66.4 Å². The Morgan fingerprint density at radius 1 is 1.44 bits per heavy atom. The maximum Gasteiger partial charge on any atom is 0.306 e. The molecule has 0 fully saturated rings. The van der Waals surface area contributed by atoms with Gasteiger partial charge in [0, 0.05) is 12.1 Å². The molecule has 1 atom stereocenters. The molecule has 4 nitrogen and oxygen atoms in total. The van der Waals surface area contributed by atoms with E-state index in [0.717, 1.165) is 0 Å². The van der Waals surface area contributed by atoms with Crippen molar-refractivity contribution in [3.8, 4) is 0 Å². The van der Waals surface area contributed by atoms with Gasteiger partial charge in [0.15, 0.2) is 0 Å². The zero-order valence-corrected chi connectivity index (χ0v) is 10.5. The van der Waals surface area contributed by atoms with Crippen LogP contribution in [0.3, 0.4) is 0 Å². The monoisotopic (exact) mass is 227 g/mol. The predicted molar refractivity (Wildman–Crippen MR) is 63.0 cm³/mol. The van der Waals surface area contributed by atoms with Crippen molar-refractivity contribution in [2.45, 2.75) is 34.1 Å². The van der Waals surface area contributed by atoms with Crippen LogP contribution < -0.4 is 5.32 Å². The van der Waals surface area contributed by atoms with E-state index >= 15 is 0 Å². The summed E-state index contributed by atoms with van der Waals surface area (Å²) in [5.74, 6) is -1.57. The lowest BCUT2D eigenvalue weighted by Crippen LogP contribution is -2.40. The molecular weight excluding hydrogens is 206 g/mol. The van der Waals surface area contributed by atoms with Gasteiger partial charge in [-0.1, -0.05) is 34.3 Å². The Hall–Kier alpha value is -1.32. The summed E-state index contributed by atoms with van der Waals surface area (Å²) >= 11 is 0. The molecular formula is C12H21NO3. The lowest BCUT2D eigenvalue weighted by atomic mass is 9.80. The van der Waals surface area contributed by atoms with Crippen molar-refractivity contribution in [2.24, 2.45) is 11.3 Å². The fraction of sp³-hybridized carbons (Fsp3) is 0.667. The molecule has 0 bridgehead atoms. The van der Waals surface area contributed by atoms with E-state index in [1.807, 2.05) is 20.8 Å². The summed E-state index contributed by atoms with van der Waals surface area (Å²) in [5.41, 5.74) is 0.0361. The third kappa shape index (κ3) is 4.04. The smallest absolute Gasteiger partial charge is 0.306 e. The van der Waals surface area contributed by atoms with Crippen molar-refractivity contribution in [3.05, 3.63) is 12.2 Å². The summed E-state index contributed by atoms with van der Waals surface area (Å²) < 4.78 is 0. The molecule has 0 aromatic carbocycles. The molecule has 92 valence electrons. The zero-order valence-electron chi connectivity index (χ0n) is 10.5. The number of carboxylic acid groups (broad SMARTS) is 1. The first-order valence-electron chi connectivity index (χ1n) is 5.41. The Morgan fingerprint density at radius 2 is 1.94 bits per heavy atom. The molecule has 0 heterocycles. The van der Waals surface area contributed by atoms with Crippen LogP contribution in [0.2, 0.25) is 0 Å². The zero-order chi connectivity index (χ0) is 12.9. The van der Waals surface area contributed by atoms with Gasteiger partial charge in [0.05, 0.1) is 5.92 Å². The molecule has 0 aliphatic heterocycles. The van der Waals surface area contributed by atoms with Crippen LogP contribution >= 0.6 is 0 Å². The highest BCUT2D eigenvalue weighted by Gasteiger charge is 2.31. The lowest BCUT2D eigenvalue weighted by molar-refractivity contribution is -0.145. The molecule has 0 spiro atoms. The van der Waals surface area contributed by atoms with Crippen molar-refractivity contribution in [1.82, 2.24) is 5.32 Å². The number of carboxylic acids is 1. The van der Waals surface area contributed by atoms with Gasteiger partial charge in [0.2, 0.25) is 5.91 Å². The Kier molecular flexibility index (Phi) is 5.21. The molecule has 0 saturated carbocycles. The first-order valence-corrected chi connectivity index (χ1v) is 5.41. The summed E-state index contributed by atoms with van der Waals surface area (Å²) in [6.45, 7) is 11.1. The second-order valence-electron chi connectivity index (χ2n) is 4.69. The summed E-state index contributed by atoms with van der Waals surface area (Å²) in [4.78, 5) is 22.3. The van der Waals surface area contributed by atoms with Gasteiger partial charge < -0.3 is 10.4 Å². The second-order valence-corrected chi connectivity index (χ2v) is 4.69. The number of nitrogens with one attached hydrogen (secondary N) is 1. The highest BCUT2D eigenvalue weighted by Crippen LogP contribution is 2.25. The third-order valence-corrected chi connectivity index (χ3v) is 3.00. The second kappa shape index (κ2) is 5.68. The lowest BCUT2D eigenvalue weighted by Gasteiger charge is -2.29. The number of aliphatic carboxylic acids is 1. The molecule has 0 aromatic rings. The third-order valence-electron chi connectivity index (χ3n) is 3.00. The van der Waals surface area contributed by atoms with Gasteiger partial charge in [-0.3, -0.25) is 9.59 Å². The summed E-state index contributed by atoms with van der Waals surface area (Å²) in [5, 5.41) is 11.6. The summed E-state index contributed by atoms with van der Waals surface area (Å²) in [6.07, 6.45) is 0.598. The normalized spacial score (nSPS) is 13.0. The van der Waals surface area contributed by atoms with Crippen LogP contribution in [0, 0.1) is 11.3 Å². The molecule has 0 aliphatic rings. The largest absolute Gasteiger partial charge is 0.481 e. The van der Waals surface area contributed by atoms with Gasteiger partial charge in [0.25, 0.3) is 0 Å². The van der Waals surface area contributed by atoms with E-state index < -0.39 is 17.3 Å². The van der Waals surface area contributed by atoms with Crippen molar-refractivity contribution in [1.29, 1.82) is 0 Å². The Balaban J connectivity index is 4.34. The van der Waals surface area contributed by atoms with Crippen LogP contribution in [-0.4, -0.2) is 23.5 Å². The minimum absolute atomic E-state index is 0.201. The number of rotatable bonds is 6. The number of carbonyl (C=O) groups excluding carboxylic acids is 1. The minimum Gasteiger partial charge on any atom is -0.481 e. The maximum absolute atomic E-state index is 11.5. The highest BCUT2D eigenvalue weighted by atomic mass is 16.4. The minimum atomic E-state index is -0.853. The number of hydrogen-bond donors (Lipinski definition) is 2. The van der Waals surface area contributed by atoms with Gasteiger partial charge in [-0.05, 0) is 11.8 Å². The van der Waals surface area contributed by atoms with Gasteiger partial charge >= 0.3 is 5.97 Å². The number of carbonyl (C=O) groups is 2. The van der Waals surface area contributed by atoms with Gasteiger partial charge in [-0.25, -0.2) is 0 Å². The SMILES string of the molecule is C=C(CC)C(=O)NCC(C)(C)C(C)C(=O)O. The molecule has 0 radical (unpaired) electrons. The molecule has 16 heavy (non-hydrogen) atoms. The van der Waals surface area contributed by atoms with Gasteiger partial charge in [-0.2, -0.15) is 0 Å². The Morgan fingerprint density at radius 3 is 2.31 bits per heavy atom. The van der Waals surface area contributed by atoms with Crippen LogP contribution in [0.5, 0.6) is 0 Å². The fourth-order valence-corrected chi connectivity index (χ4v) is 1.08. The average molecular weight is 227 g/mol. The summed E-state index contributed by atoms with van der Waals surface area (Å²) in [6, 6.07) is 0. The van der Waals surface area contributed by atoms with Crippen LogP contribution in [0.4, 0.5) is 0 Å². The fourth-order valence-electron chi connectivity index (χ4n) is 1.08. The van der Waals surface area contributed by atoms with Gasteiger partial charge in [0.1, 0.15) is 0 Å². The maximum atomic E-state index is 11.5. The van der Waals surface area contributed by atoms with Crippen molar-refractivity contribution >= 4 is 11.9 Å². The van der Waals surface area contributed by atoms with Crippen LogP contribution in [0.25, 0.3) is 0 Å². The molecule has 0 aromatic heterocycles. The first kappa shape index (κ1) is 14.7. The van der Waals surface area contributed by atoms with Crippen molar-refractivity contribution in [2.75, 3.05) is 6.54 Å². The van der Waals surface area contributed by atoms with Crippen molar-refractivity contribution < 1.29 is 14.7 Å². The highest BCUT2D eigenvalue weighted by molar-refractivity contribution is 5.92. The molecule has 1 amide bonds. The van der Waals surface area contributed by atoms with Gasteiger partial charge in [-0.15, -0.1) is 0 Å². The van der Waals surface area contributed by atoms with Crippen LogP contribution in [0.15, 0.2) is 12.2 Å².